The number of fused-ring (bicyclic) bond motifs is 5. The molecule has 12 aromatic carbocycles. The number of benzene rings is 12. The first-order chi connectivity index (χ1) is 34.7. The number of aromatic nitrogens is 1. The summed E-state index contributed by atoms with van der Waals surface area (Å²) in [6.45, 7) is 0. The minimum atomic E-state index is 1.09. The Bertz CT molecular complexity index is 3980. The van der Waals surface area contributed by atoms with E-state index in [2.05, 4.69) is 289 Å². The third-order valence-electron chi connectivity index (χ3n) is 14.0. The van der Waals surface area contributed by atoms with E-state index >= 15 is 0 Å². The molecule has 0 N–H and O–H groups in total. The van der Waals surface area contributed by atoms with Crippen molar-refractivity contribution in [3.8, 4) is 61.3 Å². The molecule has 0 fully saturated rings. The van der Waals surface area contributed by atoms with Crippen LogP contribution in [0.5, 0.6) is 0 Å². The molecule has 13 rings (SSSR count). The summed E-state index contributed by atoms with van der Waals surface area (Å²) in [5.74, 6) is 0. The molecule has 70 heavy (non-hydrogen) atoms. The van der Waals surface area contributed by atoms with Gasteiger partial charge in [-0.2, -0.15) is 0 Å². The van der Waals surface area contributed by atoms with Crippen molar-refractivity contribution in [2.24, 2.45) is 0 Å². The molecule has 0 aliphatic carbocycles. The van der Waals surface area contributed by atoms with Crippen molar-refractivity contribution in [1.82, 2.24) is 4.57 Å². The number of rotatable bonds is 9. The average Bonchev–Trinajstić information content (AvgIpc) is 3.78. The van der Waals surface area contributed by atoms with Gasteiger partial charge in [0.05, 0.1) is 11.0 Å². The zero-order valence-corrected chi connectivity index (χ0v) is 38.5. The van der Waals surface area contributed by atoms with Crippen LogP contribution in [0.1, 0.15) is 0 Å². The Morgan fingerprint density at radius 2 is 0.686 bits per heavy atom. The molecular formula is C68H46N2. The van der Waals surface area contributed by atoms with E-state index in [1.165, 1.54) is 87.9 Å². The van der Waals surface area contributed by atoms with Gasteiger partial charge in [0.25, 0.3) is 0 Å². The summed E-state index contributed by atoms with van der Waals surface area (Å²) in [4.78, 5) is 2.39. The fourth-order valence-corrected chi connectivity index (χ4v) is 10.6. The van der Waals surface area contributed by atoms with Crippen LogP contribution >= 0.6 is 0 Å². The summed E-state index contributed by atoms with van der Waals surface area (Å²) in [6.07, 6.45) is 0. The molecule has 328 valence electrons. The summed E-state index contributed by atoms with van der Waals surface area (Å²) in [7, 11) is 0. The predicted octanol–water partition coefficient (Wildman–Crippen LogP) is 18.9. The molecule has 0 amide bonds. The largest absolute Gasteiger partial charge is 0.310 e. The highest BCUT2D eigenvalue weighted by atomic mass is 15.1. The van der Waals surface area contributed by atoms with Crippen LogP contribution in [0.4, 0.5) is 17.1 Å². The quantitative estimate of drug-likeness (QED) is 0.140. The summed E-state index contributed by atoms with van der Waals surface area (Å²) in [5, 5.41) is 7.43. The van der Waals surface area contributed by atoms with E-state index in [1.807, 2.05) is 0 Å². The van der Waals surface area contributed by atoms with Crippen molar-refractivity contribution in [2.45, 2.75) is 0 Å². The lowest BCUT2D eigenvalue weighted by molar-refractivity contribution is 1.18. The molecule has 2 heteroatoms. The zero-order chi connectivity index (χ0) is 46.4. The van der Waals surface area contributed by atoms with Crippen LogP contribution in [-0.4, -0.2) is 4.57 Å². The molecule has 0 aliphatic rings. The first-order valence-electron chi connectivity index (χ1n) is 24.1. The van der Waals surface area contributed by atoms with Gasteiger partial charge in [-0.25, -0.2) is 0 Å². The van der Waals surface area contributed by atoms with Crippen LogP contribution in [0.2, 0.25) is 0 Å². The van der Waals surface area contributed by atoms with Gasteiger partial charge in [0, 0.05) is 33.5 Å². The third kappa shape index (κ3) is 7.40. The second kappa shape index (κ2) is 17.4. The standard InChI is InChI=1S/C68H46N2/c1-3-15-47(16-4-1)55-35-36-57-46-61(42-39-56(57)43-55)69(58-40-37-51(38-41-58)63-28-14-20-52-19-13-27-62(68(52)63)50-17-5-2-6-18-50)59-23-11-21-53(44-59)48-31-33-49(34-32-48)54-22-12-24-60(45-54)70-66-29-9-7-25-64(66)65-26-8-10-30-67(65)70/h1-46H. The Hall–Kier alpha value is -9.24. The van der Waals surface area contributed by atoms with E-state index in [9.17, 15) is 0 Å². The first-order valence-corrected chi connectivity index (χ1v) is 24.1. The van der Waals surface area contributed by atoms with Gasteiger partial charge in [-0.15, -0.1) is 0 Å². The fourth-order valence-electron chi connectivity index (χ4n) is 10.6. The van der Waals surface area contributed by atoms with E-state index < -0.39 is 0 Å². The maximum absolute atomic E-state index is 2.39. The number of anilines is 3. The van der Waals surface area contributed by atoms with Crippen molar-refractivity contribution in [2.75, 3.05) is 4.90 Å². The lowest BCUT2D eigenvalue weighted by atomic mass is 9.91. The number of para-hydroxylation sites is 2. The van der Waals surface area contributed by atoms with Gasteiger partial charge in [0.2, 0.25) is 0 Å². The Morgan fingerprint density at radius 1 is 0.243 bits per heavy atom. The van der Waals surface area contributed by atoms with Crippen LogP contribution in [0.25, 0.3) is 105 Å². The fraction of sp³-hybridized carbons (Fsp3) is 0. The Kier molecular flexibility index (Phi) is 10.2. The molecule has 0 radical (unpaired) electrons. The Morgan fingerprint density at radius 3 is 1.36 bits per heavy atom. The smallest absolute Gasteiger partial charge is 0.0541 e. The zero-order valence-electron chi connectivity index (χ0n) is 38.5. The summed E-state index contributed by atoms with van der Waals surface area (Å²) in [6, 6.07) is 102. The molecule has 0 saturated carbocycles. The van der Waals surface area contributed by atoms with Gasteiger partial charge in [0.1, 0.15) is 0 Å². The van der Waals surface area contributed by atoms with Crippen molar-refractivity contribution in [3.63, 3.8) is 0 Å². The molecule has 0 atom stereocenters. The summed E-state index contributed by atoms with van der Waals surface area (Å²) in [5.41, 5.74) is 18.8. The van der Waals surface area contributed by atoms with Gasteiger partial charge in [-0.05, 0) is 144 Å². The van der Waals surface area contributed by atoms with Crippen LogP contribution in [-0.2, 0) is 0 Å². The number of hydrogen-bond donors (Lipinski definition) is 0. The minimum absolute atomic E-state index is 1.09. The van der Waals surface area contributed by atoms with Crippen molar-refractivity contribution in [3.05, 3.63) is 279 Å². The molecule has 0 spiro atoms. The second-order valence-corrected chi connectivity index (χ2v) is 18.1. The Labute approximate surface area is 408 Å². The summed E-state index contributed by atoms with van der Waals surface area (Å²) < 4.78 is 2.39. The molecule has 0 saturated heterocycles. The van der Waals surface area contributed by atoms with Gasteiger partial charge in [-0.1, -0.05) is 212 Å². The monoisotopic (exact) mass is 890 g/mol. The summed E-state index contributed by atoms with van der Waals surface area (Å²) >= 11 is 0. The normalized spacial score (nSPS) is 11.4. The Balaban J connectivity index is 0.873. The van der Waals surface area contributed by atoms with Crippen molar-refractivity contribution in [1.29, 1.82) is 0 Å². The minimum Gasteiger partial charge on any atom is -0.310 e. The van der Waals surface area contributed by atoms with Crippen LogP contribution in [0, 0.1) is 0 Å². The molecule has 2 nitrogen and oxygen atoms in total. The van der Waals surface area contributed by atoms with Crippen LogP contribution in [0.3, 0.4) is 0 Å². The van der Waals surface area contributed by atoms with E-state index in [-0.39, 0.29) is 0 Å². The second-order valence-electron chi connectivity index (χ2n) is 18.1. The highest BCUT2D eigenvalue weighted by molar-refractivity contribution is 6.09. The van der Waals surface area contributed by atoms with E-state index in [0.717, 1.165) is 33.9 Å². The number of nitrogens with zero attached hydrogens (tertiary/aromatic N) is 2. The van der Waals surface area contributed by atoms with E-state index in [1.54, 1.807) is 0 Å². The van der Waals surface area contributed by atoms with E-state index in [0.29, 0.717) is 0 Å². The molecule has 0 bridgehead atoms. The van der Waals surface area contributed by atoms with E-state index in [4.69, 9.17) is 0 Å². The number of hydrogen-bond acceptors (Lipinski definition) is 1. The van der Waals surface area contributed by atoms with Crippen molar-refractivity contribution < 1.29 is 0 Å². The lowest BCUT2D eigenvalue weighted by Crippen LogP contribution is -2.10. The molecule has 1 aromatic heterocycles. The molecule has 0 unspecified atom stereocenters. The molecule has 0 aliphatic heterocycles. The first kappa shape index (κ1) is 41.0. The van der Waals surface area contributed by atoms with Crippen molar-refractivity contribution >= 4 is 60.4 Å². The average molecular weight is 891 g/mol. The maximum Gasteiger partial charge on any atom is 0.0541 e. The molecular weight excluding hydrogens is 845 g/mol. The van der Waals surface area contributed by atoms with Crippen LogP contribution in [0.15, 0.2) is 279 Å². The van der Waals surface area contributed by atoms with Gasteiger partial charge < -0.3 is 9.47 Å². The highest BCUT2D eigenvalue weighted by Gasteiger charge is 2.17. The van der Waals surface area contributed by atoms with Gasteiger partial charge in [-0.3, -0.25) is 0 Å². The van der Waals surface area contributed by atoms with Gasteiger partial charge in [0.15, 0.2) is 0 Å². The topological polar surface area (TPSA) is 8.17 Å². The van der Waals surface area contributed by atoms with Gasteiger partial charge >= 0.3 is 0 Å². The highest BCUT2D eigenvalue weighted by Crippen LogP contribution is 2.42. The molecule has 13 aromatic rings. The third-order valence-corrected chi connectivity index (χ3v) is 14.0. The maximum atomic E-state index is 2.39. The predicted molar refractivity (Wildman–Crippen MR) is 298 cm³/mol. The van der Waals surface area contributed by atoms with Crippen LogP contribution < -0.4 is 4.90 Å². The lowest BCUT2D eigenvalue weighted by Gasteiger charge is -2.27. The SMILES string of the molecule is c1ccc(-c2ccc3cc(N(c4ccc(-c5cccc6cccc(-c7ccccc7)c56)cc4)c4cccc(-c5ccc(-c6cccc(-n7c8ccccc8c8ccccc87)c6)cc5)c4)ccc3c2)cc1. The molecule has 1 heterocycles.